The minimum absolute atomic E-state index is 0.0235. The van der Waals surface area contributed by atoms with E-state index in [1.165, 1.54) is 9.13 Å². The molecule has 5 rings (SSSR count). The first-order chi connectivity index (χ1) is 15.0. The molecule has 0 saturated heterocycles. The third kappa shape index (κ3) is 3.12. The van der Waals surface area contributed by atoms with Crippen molar-refractivity contribution in [2.45, 2.75) is 13.1 Å². The van der Waals surface area contributed by atoms with Gasteiger partial charge >= 0.3 is 11.4 Å². The number of nitrogens with one attached hydrogen (secondary N) is 2. The molecule has 2 N–H and O–H groups in total. The Hall–Kier alpha value is -4.40. The molecule has 2 aromatic carbocycles. The summed E-state index contributed by atoms with van der Waals surface area (Å²) >= 11 is 0. The van der Waals surface area contributed by atoms with E-state index in [0.717, 1.165) is 11.1 Å². The van der Waals surface area contributed by atoms with Crippen molar-refractivity contribution in [2.75, 3.05) is 0 Å². The molecule has 9 nitrogen and oxygen atoms in total. The number of nitrogens with zero attached hydrogens (tertiary/aromatic N) is 2. The number of aromatic amines is 2. The Bertz CT molecular complexity index is 1650. The number of hydrogen-bond donors (Lipinski definition) is 2. The van der Waals surface area contributed by atoms with E-state index in [2.05, 4.69) is 9.97 Å². The first-order valence-corrected chi connectivity index (χ1v) is 9.53. The molecule has 0 aliphatic heterocycles. The van der Waals surface area contributed by atoms with Gasteiger partial charge in [-0.2, -0.15) is 0 Å². The van der Waals surface area contributed by atoms with Gasteiger partial charge < -0.3 is 4.42 Å². The predicted octanol–water partition coefficient (Wildman–Crippen LogP) is 1.38. The number of rotatable bonds is 4. The average molecular weight is 416 g/mol. The predicted molar refractivity (Wildman–Crippen MR) is 115 cm³/mol. The Morgan fingerprint density at radius 2 is 1.19 bits per heavy atom. The fourth-order valence-electron chi connectivity index (χ4n) is 3.69. The highest BCUT2D eigenvalue weighted by molar-refractivity contribution is 6.00. The van der Waals surface area contributed by atoms with E-state index in [9.17, 15) is 19.2 Å². The van der Waals surface area contributed by atoms with Crippen LogP contribution in [0.15, 0.2) is 84.3 Å². The second-order valence-corrected chi connectivity index (χ2v) is 7.12. The monoisotopic (exact) mass is 416 g/mol. The molecule has 0 atom stereocenters. The van der Waals surface area contributed by atoms with Gasteiger partial charge in [0.15, 0.2) is 0 Å². The zero-order valence-corrected chi connectivity index (χ0v) is 16.1. The summed E-state index contributed by atoms with van der Waals surface area (Å²) in [6.45, 7) is 0.229. The Labute approximate surface area is 172 Å². The topological polar surface area (TPSA) is 123 Å². The summed E-state index contributed by atoms with van der Waals surface area (Å²) < 4.78 is 8.23. The number of fused-ring (bicyclic) bond motifs is 3. The summed E-state index contributed by atoms with van der Waals surface area (Å²) in [5, 5.41) is -0.0235. The zero-order chi connectivity index (χ0) is 21.5. The van der Waals surface area contributed by atoms with E-state index in [0.29, 0.717) is 0 Å². The van der Waals surface area contributed by atoms with Crippen LogP contribution in [-0.2, 0) is 13.1 Å². The summed E-state index contributed by atoms with van der Waals surface area (Å²) in [5.41, 5.74) is -1.45. The van der Waals surface area contributed by atoms with Crippen LogP contribution in [0.25, 0.3) is 22.2 Å². The molecule has 0 fully saturated rings. The van der Waals surface area contributed by atoms with Crippen molar-refractivity contribution in [3.63, 3.8) is 0 Å². The Kier molecular flexibility index (Phi) is 4.28. The van der Waals surface area contributed by atoms with E-state index in [4.69, 9.17) is 4.42 Å². The molecule has 0 spiro atoms. The lowest BCUT2D eigenvalue weighted by Gasteiger charge is -2.07. The fraction of sp³-hybridized carbons (Fsp3) is 0.0909. The Morgan fingerprint density at radius 3 is 1.81 bits per heavy atom. The number of furan rings is 1. The summed E-state index contributed by atoms with van der Waals surface area (Å²) in [7, 11) is 0. The van der Waals surface area contributed by atoms with Crippen LogP contribution in [0, 0.1) is 0 Å². The highest BCUT2D eigenvalue weighted by Crippen LogP contribution is 2.22. The fourth-order valence-corrected chi connectivity index (χ4v) is 3.69. The van der Waals surface area contributed by atoms with E-state index in [1.54, 1.807) is 0 Å². The minimum Gasteiger partial charge on any atom is -0.432 e. The van der Waals surface area contributed by atoms with Gasteiger partial charge in [0.2, 0.25) is 11.3 Å². The number of H-pyrrole nitrogens is 2. The molecular weight excluding hydrogens is 400 g/mol. The smallest absolute Gasteiger partial charge is 0.331 e. The maximum atomic E-state index is 12.8. The van der Waals surface area contributed by atoms with Crippen LogP contribution >= 0.6 is 0 Å². The molecule has 0 amide bonds. The zero-order valence-electron chi connectivity index (χ0n) is 16.1. The van der Waals surface area contributed by atoms with Gasteiger partial charge in [0.25, 0.3) is 11.1 Å². The second-order valence-electron chi connectivity index (χ2n) is 7.12. The Balaban J connectivity index is 1.85. The van der Waals surface area contributed by atoms with Crippen molar-refractivity contribution in [3.05, 3.63) is 113 Å². The van der Waals surface area contributed by atoms with Crippen LogP contribution in [0.2, 0.25) is 0 Å². The molecule has 0 radical (unpaired) electrons. The van der Waals surface area contributed by atoms with Crippen LogP contribution < -0.4 is 22.5 Å². The van der Waals surface area contributed by atoms with Crippen LogP contribution in [-0.4, -0.2) is 19.1 Å². The highest BCUT2D eigenvalue weighted by Gasteiger charge is 2.22. The third-order valence-corrected chi connectivity index (χ3v) is 5.11. The summed E-state index contributed by atoms with van der Waals surface area (Å²) in [5.74, 6) is 0. The van der Waals surface area contributed by atoms with Crippen LogP contribution in [0.4, 0.5) is 0 Å². The SMILES string of the molecule is O=c1[nH]c(=O)n(Cc2ccccc2)c2c1oc1c2c(=O)[nH]c(=O)n1Cc1ccccc1. The molecule has 0 unspecified atom stereocenters. The number of aromatic nitrogens is 4. The summed E-state index contributed by atoms with van der Waals surface area (Å²) in [4.78, 5) is 54.9. The number of benzene rings is 2. The molecule has 3 aromatic heterocycles. The van der Waals surface area contributed by atoms with Crippen LogP contribution in [0.5, 0.6) is 0 Å². The molecule has 31 heavy (non-hydrogen) atoms. The van der Waals surface area contributed by atoms with Gasteiger partial charge in [0.1, 0.15) is 10.9 Å². The van der Waals surface area contributed by atoms with Crippen LogP contribution in [0.3, 0.4) is 0 Å². The molecule has 9 heteroatoms. The lowest BCUT2D eigenvalue weighted by Crippen LogP contribution is -2.32. The van der Waals surface area contributed by atoms with E-state index in [1.807, 2.05) is 60.7 Å². The standard InChI is InChI=1S/C22H16N4O5/c27-18-15-16-17(19(28)24-21(29)25(16)11-13-7-3-1-4-8-13)31-20(15)26(22(30)23-18)12-14-9-5-2-6-10-14/h1-10H,11-12H2,(H,23,27,30)(H,24,28,29). The minimum atomic E-state index is -0.765. The van der Waals surface area contributed by atoms with Crippen molar-refractivity contribution in [2.24, 2.45) is 0 Å². The molecule has 0 saturated carbocycles. The molecule has 3 heterocycles. The van der Waals surface area contributed by atoms with Crippen molar-refractivity contribution in [3.8, 4) is 0 Å². The van der Waals surface area contributed by atoms with Gasteiger partial charge in [-0.15, -0.1) is 0 Å². The largest absolute Gasteiger partial charge is 0.432 e. The van der Waals surface area contributed by atoms with Gasteiger partial charge in [-0.25, -0.2) is 9.59 Å². The van der Waals surface area contributed by atoms with E-state index in [-0.39, 0.29) is 35.3 Å². The summed E-state index contributed by atoms with van der Waals surface area (Å²) in [6.07, 6.45) is 0. The van der Waals surface area contributed by atoms with E-state index >= 15 is 0 Å². The quantitative estimate of drug-likeness (QED) is 0.458. The van der Waals surface area contributed by atoms with Gasteiger partial charge in [0.05, 0.1) is 13.1 Å². The van der Waals surface area contributed by atoms with Gasteiger partial charge in [0, 0.05) is 0 Å². The molecular formula is C22H16N4O5. The van der Waals surface area contributed by atoms with Crippen molar-refractivity contribution >= 4 is 22.2 Å². The first kappa shape index (κ1) is 18.6. The van der Waals surface area contributed by atoms with Crippen molar-refractivity contribution in [1.29, 1.82) is 0 Å². The molecule has 0 aliphatic carbocycles. The second kappa shape index (κ2) is 7.13. The first-order valence-electron chi connectivity index (χ1n) is 9.53. The number of hydrogen-bond acceptors (Lipinski definition) is 5. The highest BCUT2D eigenvalue weighted by atomic mass is 16.4. The lowest BCUT2D eigenvalue weighted by molar-refractivity contribution is 0.590. The maximum Gasteiger partial charge on any atom is 0.331 e. The van der Waals surface area contributed by atoms with E-state index < -0.39 is 22.5 Å². The average Bonchev–Trinajstić information content (AvgIpc) is 3.17. The molecule has 5 aromatic rings. The van der Waals surface area contributed by atoms with Gasteiger partial charge in [-0.05, 0) is 11.1 Å². The lowest BCUT2D eigenvalue weighted by atomic mass is 10.2. The molecule has 154 valence electrons. The van der Waals surface area contributed by atoms with Gasteiger partial charge in [-0.3, -0.25) is 28.7 Å². The summed E-state index contributed by atoms with van der Waals surface area (Å²) in [6, 6.07) is 18.3. The van der Waals surface area contributed by atoms with Crippen molar-refractivity contribution in [1.82, 2.24) is 19.1 Å². The van der Waals surface area contributed by atoms with Gasteiger partial charge in [-0.1, -0.05) is 60.7 Å². The van der Waals surface area contributed by atoms with Crippen molar-refractivity contribution < 1.29 is 4.42 Å². The van der Waals surface area contributed by atoms with Crippen LogP contribution in [0.1, 0.15) is 11.1 Å². The molecule has 0 aliphatic rings. The maximum absolute atomic E-state index is 12.8. The Morgan fingerprint density at radius 1 is 0.677 bits per heavy atom. The normalized spacial score (nSPS) is 11.4. The third-order valence-electron chi connectivity index (χ3n) is 5.11. The molecule has 0 bridgehead atoms.